The Bertz CT molecular complexity index is 839. The smallest absolute Gasteiger partial charge is 0.262 e. The lowest BCUT2D eigenvalue weighted by Crippen LogP contribution is -2.20. The molecule has 1 aromatic heterocycles. The van der Waals surface area contributed by atoms with Gasteiger partial charge in [0, 0.05) is 22.7 Å². The van der Waals surface area contributed by atoms with Gasteiger partial charge in [-0.15, -0.1) is 5.10 Å². The second-order valence-corrected chi connectivity index (χ2v) is 5.39. The van der Waals surface area contributed by atoms with Gasteiger partial charge in [-0.3, -0.25) is 4.79 Å². The van der Waals surface area contributed by atoms with Crippen molar-refractivity contribution in [2.75, 3.05) is 11.9 Å². The number of hydrogen-bond donors (Lipinski definition) is 1. The van der Waals surface area contributed by atoms with E-state index in [1.807, 2.05) is 5.38 Å². The molecule has 3 rings (SSSR count). The number of ether oxygens (including phenoxy) is 1. The summed E-state index contributed by atoms with van der Waals surface area (Å²) >= 11 is 1.25. The van der Waals surface area contributed by atoms with Gasteiger partial charge in [0.1, 0.15) is 11.5 Å². The minimum absolute atomic E-state index is 0.309. The summed E-state index contributed by atoms with van der Waals surface area (Å²) in [6, 6.07) is 9.79. The van der Waals surface area contributed by atoms with Crippen molar-refractivity contribution in [3.05, 3.63) is 59.5 Å². The first kappa shape index (κ1) is 16.0. The van der Waals surface area contributed by atoms with Crippen LogP contribution in [-0.4, -0.2) is 22.1 Å². The van der Waals surface area contributed by atoms with Crippen molar-refractivity contribution in [2.45, 2.75) is 0 Å². The van der Waals surface area contributed by atoms with E-state index in [2.05, 4.69) is 14.9 Å². The highest BCUT2D eigenvalue weighted by molar-refractivity contribution is 7.03. The molecule has 24 heavy (non-hydrogen) atoms. The van der Waals surface area contributed by atoms with Crippen molar-refractivity contribution >= 4 is 23.1 Å². The van der Waals surface area contributed by atoms with Gasteiger partial charge in [0.25, 0.3) is 5.91 Å². The van der Waals surface area contributed by atoms with Gasteiger partial charge in [-0.1, -0.05) is 16.6 Å². The van der Waals surface area contributed by atoms with Crippen molar-refractivity contribution < 1.29 is 18.3 Å². The summed E-state index contributed by atoms with van der Waals surface area (Å²) < 4.78 is 35.2. The van der Waals surface area contributed by atoms with Gasteiger partial charge >= 0.3 is 0 Å². The molecule has 1 amide bonds. The molecule has 0 spiro atoms. The third kappa shape index (κ3) is 3.90. The summed E-state index contributed by atoms with van der Waals surface area (Å²) in [5, 5.41) is 8.37. The number of anilines is 1. The Morgan fingerprint density at radius 1 is 1.17 bits per heavy atom. The van der Waals surface area contributed by atoms with E-state index in [0.717, 1.165) is 29.5 Å². The minimum Gasteiger partial charge on any atom is -0.481 e. The average molecular weight is 347 g/mol. The maximum Gasteiger partial charge on any atom is 0.262 e. The molecule has 0 fully saturated rings. The van der Waals surface area contributed by atoms with Crippen LogP contribution >= 0.6 is 11.5 Å². The van der Waals surface area contributed by atoms with Gasteiger partial charge in [0.2, 0.25) is 0 Å². The lowest BCUT2D eigenvalue weighted by molar-refractivity contribution is -0.118. The minimum atomic E-state index is -0.731. The Hall–Kier alpha value is -2.87. The van der Waals surface area contributed by atoms with Gasteiger partial charge < -0.3 is 10.1 Å². The Balaban J connectivity index is 1.58. The van der Waals surface area contributed by atoms with Gasteiger partial charge in [-0.2, -0.15) is 0 Å². The fraction of sp³-hybridized carbons (Fsp3) is 0.0625. The molecule has 8 heteroatoms. The largest absolute Gasteiger partial charge is 0.481 e. The summed E-state index contributed by atoms with van der Waals surface area (Å²) in [7, 11) is 0. The van der Waals surface area contributed by atoms with Crippen molar-refractivity contribution in [3.63, 3.8) is 0 Å². The van der Waals surface area contributed by atoms with Crippen LogP contribution in [0.3, 0.4) is 0 Å². The van der Waals surface area contributed by atoms with Crippen LogP contribution in [0.2, 0.25) is 0 Å². The van der Waals surface area contributed by atoms with Crippen molar-refractivity contribution in [3.8, 4) is 17.0 Å². The number of benzene rings is 2. The van der Waals surface area contributed by atoms with Crippen LogP contribution < -0.4 is 10.1 Å². The molecule has 0 saturated heterocycles. The maximum absolute atomic E-state index is 13.4. The third-order valence-electron chi connectivity index (χ3n) is 3.08. The van der Waals surface area contributed by atoms with Crippen LogP contribution in [0.4, 0.5) is 14.5 Å². The van der Waals surface area contributed by atoms with Gasteiger partial charge in [0.15, 0.2) is 18.2 Å². The molecule has 1 N–H and O–H groups in total. The topological polar surface area (TPSA) is 64.1 Å². The van der Waals surface area contributed by atoms with E-state index in [9.17, 15) is 13.6 Å². The third-order valence-corrected chi connectivity index (χ3v) is 3.58. The zero-order chi connectivity index (χ0) is 16.9. The highest BCUT2D eigenvalue weighted by atomic mass is 32.1. The predicted octanol–water partition coefficient (Wildman–Crippen LogP) is 3.50. The second-order valence-electron chi connectivity index (χ2n) is 4.78. The molecule has 1 heterocycles. The number of hydrogen-bond acceptors (Lipinski definition) is 5. The molecule has 0 atom stereocenters. The van der Waals surface area contributed by atoms with E-state index in [1.54, 1.807) is 24.3 Å². The Morgan fingerprint density at radius 2 is 1.96 bits per heavy atom. The standard InChI is InChI=1S/C16H11F2N3O2S/c17-11-3-6-13(18)15(7-11)23-8-16(22)19-12-4-1-10(2-5-12)14-9-24-21-20-14/h1-7,9H,8H2,(H,19,22). The van der Waals surface area contributed by atoms with Crippen LogP contribution in [0.1, 0.15) is 0 Å². The lowest BCUT2D eigenvalue weighted by atomic mass is 10.1. The highest BCUT2D eigenvalue weighted by Crippen LogP contribution is 2.20. The molecular formula is C16H11F2N3O2S. The maximum atomic E-state index is 13.4. The quantitative estimate of drug-likeness (QED) is 0.767. The zero-order valence-electron chi connectivity index (χ0n) is 12.2. The van der Waals surface area contributed by atoms with E-state index in [1.165, 1.54) is 11.5 Å². The summed E-state index contributed by atoms with van der Waals surface area (Å²) in [5.74, 6) is -2.16. The van der Waals surface area contributed by atoms with E-state index in [4.69, 9.17) is 4.74 Å². The van der Waals surface area contributed by atoms with Crippen LogP contribution in [-0.2, 0) is 4.79 Å². The fourth-order valence-electron chi connectivity index (χ4n) is 1.94. The van der Waals surface area contributed by atoms with Crippen molar-refractivity contribution in [2.24, 2.45) is 0 Å². The number of carbonyl (C=O) groups excluding carboxylic acids is 1. The Morgan fingerprint density at radius 3 is 2.67 bits per heavy atom. The van der Waals surface area contributed by atoms with Crippen LogP contribution in [0.5, 0.6) is 5.75 Å². The fourth-order valence-corrected chi connectivity index (χ4v) is 2.41. The Kier molecular flexibility index (Phi) is 4.76. The molecule has 0 aliphatic heterocycles. The highest BCUT2D eigenvalue weighted by Gasteiger charge is 2.09. The molecule has 0 radical (unpaired) electrons. The molecular weight excluding hydrogens is 336 g/mol. The van der Waals surface area contributed by atoms with E-state index in [-0.39, 0.29) is 5.75 Å². The number of aromatic nitrogens is 2. The van der Waals surface area contributed by atoms with Crippen LogP contribution in [0.15, 0.2) is 47.8 Å². The summed E-state index contributed by atoms with van der Waals surface area (Å²) in [6.45, 7) is -0.432. The lowest BCUT2D eigenvalue weighted by Gasteiger charge is -2.08. The van der Waals surface area contributed by atoms with E-state index < -0.39 is 24.1 Å². The van der Waals surface area contributed by atoms with Crippen molar-refractivity contribution in [1.29, 1.82) is 0 Å². The Labute approximate surface area is 140 Å². The zero-order valence-corrected chi connectivity index (χ0v) is 13.0. The monoisotopic (exact) mass is 347 g/mol. The van der Waals surface area contributed by atoms with Gasteiger partial charge in [0.05, 0.1) is 0 Å². The first-order valence-electron chi connectivity index (χ1n) is 6.87. The average Bonchev–Trinajstić information content (AvgIpc) is 3.11. The number of halogens is 2. The molecule has 0 aliphatic carbocycles. The second kappa shape index (κ2) is 7.14. The normalized spacial score (nSPS) is 10.4. The van der Waals surface area contributed by atoms with Crippen LogP contribution in [0, 0.1) is 11.6 Å². The summed E-state index contributed by atoms with van der Waals surface area (Å²) in [5.41, 5.74) is 2.18. The molecule has 0 saturated carbocycles. The van der Waals surface area contributed by atoms with E-state index >= 15 is 0 Å². The first-order chi connectivity index (χ1) is 11.6. The van der Waals surface area contributed by atoms with Crippen LogP contribution in [0.25, 0.3) is 11.3 Å². The molecule has 5 nitrogen and oxygen atoms in total. The molecule has 0 bridgehead atoms. The van der Waals surface area contributed by atoms with Gasteiger partial charge in [-0.05, 0) is 35.8 Å². The molecule has 122 valence electrons. The first-order valence-corrected chi connectivity index (χ1v) is 7.70. The van der Waals surface area contributed by atoms with Crippen molar-refractivity contribution in [1.82, 2.24) is 9.59 Å². The summed E-state index contributed by atoms with van der Waals surface area (Å²) in [6.07, 6.45) is 0. The molecule has 3 aromatic rings. The molecule has 0 unspecified atom stereocenters. The van der Waals surface area contributed by atoms with E-state index in [0.29, 0.717) is 5.69 Å². The number of amides is 1. The number of carbonyl (C=O) groups is 1. The predicted molar refractivity (Wildman–Crippen MR) is 85.8 cm³/mol. The number of nitrogens with one attached hydrogen (secondary N) is 1. The number of nitrogens with zero attached hydrogens (tertiary/aromatic N) is 2. The molecule has 2 aromatic carbocycles. The summed E-state index contributed by atoms with van der Waals surface area (Å²) in [4.78, 5) is 11.8. The SMILES string of the molecule is O=C(COc1cc(F)ccc1F)Nc1ccc(-c2csnn2)cc1. The molecule has 0 aliphatic rings. The van der Waals surface area contributed by atoms with Gasteiger partial charge in [-0.25, -0.2) is 8.78 Å². The number of rotatable bonds is 5.